The maximum atomic E-state index is 12.5. The quantitative estimate of drug-likeness (QED) is 0.833. The van der Waals surface area contributed by atoms with Gasteiger partial charge in [-0.15, -0.1) is 0 Å². The number of aryl methyl sites for hydroxylation is 3. The lowest BCUT2D eigenvalue weighted by Gasteiger charge is -2.17. The van der Waals surface area contributed by atoms with Crippen LogP contribution in [0, 0.1) is 13.8 Å². The minimum Gasteiger partial charge on any atom is -0.349 e. The molecule has 2 aromatic rings. The summed E-state index contributed by atoms with van der Waals surface area (Å²) in [5, 5.41) is 10.2. The highest BCUT2D eigenvalue weighted by atomic mass is 16.1. The molecule has 0 radical (unpaired) electrons. The maximum absolute atomic E-state index is 12.5. The Balaban J connectivity index is 1.75. The molecule has 0 saturated carbocycles. The van der Waals surface area contributed by atoms with Gasteiger partial charge in [0.2, 0.25) is 0 Å². The van der Waals surface area contributed by atoms with Crippen molar-refractivity contribution in [2.45, 2.75) is 45.6 Å². The Bertz CT molecular complexity index is 640. The first-order valence-corrected chi connectivity index (χ1v) is 7.54. The van der Waals surface area contributed by atoms with E-state index >= 15 is 0 Å². The van der Waals surface area contributed by atoms with Crippen LogP contribution in [0.1, 0.15) is 45.7 Å². The zero-order valence-corrected chi connectivity index (χ0v) is 12.6. The van der Waals surface area contributed by atoms with Crippen molar-refractivity contribution < 1.29 is 4.79 Å². The third-order valence-corrected chi connectivity index (χ3v) is 4.27. The number of aromatic amines is 1. The van der Waals surface area contributed by atoms with E-state index in [1.54, 1.807) is 0 Å². The zero-order chi connectivity index (χ0) is 14.8. The van der Waals surface area contributed by atoms with Crippen LogP contribution in [0.5, 0.6) is 0 Å². The van der Waals surface area contributed by atoms with Crippen molar-refractivity contribution in [1.29, 1.82) is 0 Å². The van der Waals surface area contributed by atoms with Crippen LogP contribution in [-0.4, -0.2) is 22.1 Å². The summed E-state index contributed by atoms with van der Waals surface area (Å²) < 4.78 is 0. The standard InChI is InChI=1S/C17H21N3O/c1-11-16(12(2)20-19-11)17(21)18-15-9-5-8-13-6-3-4-7-14(13)10-15/h3-4,6-7,15H,5,8-10H2,1-2H3,(H,18,21)(H,19,20). The number of fused-ring (bicyclic) bond motifs is 1. The lowest BCUT2D eigenvalue weighted by atomic mass is 10.0. The molecule has 0 aliphatic heterocycles. The van der Waals surface area contributed by atoms with Gasteiger partial charge in [-0.25, -0.2) is 0 Å². The Kier molecular flexibility index (Phi) is 3.78. The molecule has 1 unspecified atom stereocenters. The van der Waals surface area contributed by atoms with Gasteiger partial charge in [0.1, 0.15) is 0 Å². The average Bonchev–Trinajstić information content (AvgIpc) is 2.69. The number of carbonyl (C=O) groups is 1. The third-order valence-electron chi connectivity index (χ3n) is 4.27. The summed E-state index contributed by atoms with van der Waals surface area (Å²) in [5.41, 5.74) is 5.07. The number of hydrogen-bond acceptors (Lipinski definition) is 2. The average molecular weight is 283 g/mol. The summed E-state index contributed by atoms with van der Waals surface area (Å²) in [6.07, 6.45) is 4.16. The van der Waals surface area contributed by atoms with Gasteiger partial charge in [-0.2, -0.15) is 5.10 Å². The smallest absolute Gasteiger partial charge is 0.255 e. The Morgan fingerprint density at radius 3 is 2.76 bits per heavy atom. The molecule has 0 fully saturated rings. The summed E-state index contributed by atoms with van der Waals surface area (Å²) in [6, 6.07) is 8.75. The van der Waals surface area contributed by atoms with Crippen molar-refractivity contribution in [3.63, 3.8) is 0 Å². The molecule has 21 heavy (non-hydrogen) atoms. The molecule has 1 aliphatic rings. The second kappa shape index (κ2) is 5.72. The van der Waals surface area contributed by atoms with E-state index in [4.69, 9.17) is 0 Å². The highest BCUT2D eigenvalue weighted by Gasteiger charge is 2.21. The molecule has 1 amide bonds. The fourth-order valence-corrected chi connectivity index (χ4v) is 3.17. The molecule has 0 saturated heterocycles. The topological polar surface area (TPSA) is 57.8 Å². The van der Waals surface area contributed by atoms with Gasteiger partial charge in [0, 0.05) is 11.7 Å². The number of benzene rings is 1. The Hall–Kier alpha value is -2.10. The predicted molar refractivity (Wildman–Crippen MR) is 82.4 cm³/mol. The van der Waals surface area contributed by atoms with Crippen LogP contribution < -0.4 is 5.32 Å². The number of amides is 1. The van der Waals surface area contributed by atoms with Crippen molar-refractivity contribution in [2.75, 3.05) is 0 Å². The summed E-state index contributed by atoms with van der Waals surface area (Å²) >= 11 is 0. The molecule has 1 aromatic carbocycles. The second-order valence-corrected chi connectivity index (χ2v) is 5.84. The number of nitrogens with zero attached hydrogens (tertiary/aromatic N) is 1. The van der Waals surface area contributed by atoms with Gasteiger partial charge < -0.3 is 5.32 Å². The number of aromatic nitrogens is 2. The minimum absolute atomic E-state index is 0.0110. The fourth-order valence-electron chi connectivity index (χ4n) is 3.17. The predicted octanol–water partition coefficient (Wildman–Crippen LogP) is 2.70. The molecular formula is C17H21N3O. The monoisotopic (exact) mass is 283 g/mol. The lowest BCUT2D eigenvalue weighted by molar-refractivity contribution is 0.0934. The molecule has 1 aliphatic carbocycles. The third kappa shape index (κ3) is 2.84. The van der Waals surface area contributed by atoms with Gasteiger partial charge in [0.05, 0.1) is 11.3 Å². The Labute approximate surface area is 125 Å². The molecule has 4 heteroatoms. The molecule has 0 bridgehead atoms. The van der Waals surface area contributed by atoms with E-state index in [-0.39, 0.29) is 11.9 Å². The number of hydrogen-bond donors (Lipinski definition) is 2. The van der Waals surface area contributed by atoms with E-state index in [0.29, 0.717) is 5.56 Å². The lowest BCUT2D eigenvalue weighted by Crippen LogP contribution is -2.36. The molecule has 2 N–H and O–H groups in total. The van der Waals surface area contributed by atoms with Crippen LogP contribution >= 0.6 is 0 Å². The molecule has 0 spiro atoms. The van der Waals surface area contributed by atoms with Gasteiger partial charge in [0.25, 0.3) is 5.91 Å². The summed E-state index contributed by atoms with van der Waals surface area (Å²) in [6.45, 7) is 3.75. The fraction of sp³-hybridized carbons (Fsp3) is 0.412. The van der Waals surface area contributed by atoms with Crippen molar-refractivity contribution in [2.24, 2.45) is 0 Å². The van der Waals surface area contributed by atoms with Gasteiger partial charge in [-0.05, 0) is 50.7 Å². The van der Waals surface area contributed by atoms with Crippen molar-refractivity contribution in [1.82, 2.24) is 15.5 Å². The molecule has 3 rings (SSSR count). The van der Waals surface area contributed by atoms with E-state index in [1.165, 1.54) is 11.1 Å². The van der Waals surface area contributed by atoms with Crippen LogP contribution in [0.4, 0.5) is 0 Å². The maximum Gasteiger partial charge on any atom is 0.255 e. The summed E-state index contributed by atoms with van der Waals surface area (Å²) in [7, 11) is 0. The second-order valence-electron chi connectivity index (χ2n) is 5.84. The highest BCUT2D eigenvalue weighted by molar-refractivity contribution is 5.96. The van der Waals surface area contributed by atoms with Crippen molar-refractivity contribution >= 4 is 5.91 Å². The van der Waals surface area contributed by atoms with E-state index in [0.717, 1.165) is 37.1 Å². The number of rotatable bonds is 2. The summed E-state index contributed by atoms with van der Waals surface area (Å²) in [4.78, 5) is 12.5. The van der Waals surface area contributed by atoms with Crippen LogP contribution in [0.3, 0.4) is 0 Å². The molecule has 110 valence electrons. The molecule has 1 heterocycles. The van der Waals surface area contributed by atoms with E-state index in [2.05, 4.69) is 39.8 Å². The number of nitrogens with one attached hydrogen (secondary N) is 2. The normalized spacial score (nSPS) is 17.9. The number of carbonyl (C=O) groups excluding carboxylic acids is 1. The Morgan fingerprint density at radius 1 is 1.29 bits per heavy atom. The molecule has 1 aromatic heterocycles. The molecule has 4 nitrogen and oxygen atoms in total. The van der Waals surface area contributed by atoms with E-state index < -0.39 is 0 Å². The van der Waals surface area contributed by atoms with Gasteiger partial charge >= 0.3 is 0 Å². The molecular weight excluding hydrogens is 262 g/mol. The van der Waals surface area contributed by atoms with E-state index in [1.807, 2.05) is 13.8 Å². The van der Waals surface area contributed by atoms with Gasteiger partial charge in [0.15, 0.2) is 0 Å². The first-order chi connectivity index (χ1) is 10.1. The Morgan fingerprint density at radius 2 is 2.05 bits per heavy atom. The van der Waals surface area contributed by atoms with Crippen LogP contribution in [0.2, 0.25) is 0 Å². The largest absolute Gasteiger partial charge is 0.349 e. The summed E-state index contributed by atoms with van der Waals surface area (Å²) in [5.74, 6) is -0.0110. The number of H-pyrrole nitrogens is 1. The first kappa shape index (κ1) is 13.9. The van der Waals surface area contributed by atoms with E-state index in [9.17, 15) is 4.79 Å². The van der Waals surface area contributed by atoms with Crippen LogP contribution in [0.25, 0.3) is 0 Å². The zero-order valence-electron chi connectivity index (χ0n) is 12.6. The van der Waals surface area contributed by atoms with Gasteiger partial charge in [-0.3, -0.25) is 9.89 Å². The van der Waals surface area contributed by atoms with Crippen LogP contribution in [0.15, 0.2) is 24.3 Å². The first-order valence-electron chi connectivity index (χ1n) is 7.54. The highest BCUT2D eigenvalue weighted by Crippen LogP contribution is 2.21. The van der Waals surface area contributed by atoms with Gasteiger partial charge in [-0.1, -0.05) is 24.3 Å². The molecule has 1 atom stereocenters. The van der Waals surface area contributed by atoms with Crippen LogP contribution in [-0.2, 0) is 12.8 Å². The SMILES string of the molecule is Cc1n[nH]c(C)c1C(=O)NC1CCCc2ccccc2C1. The van der Waals surface area contributed by atoms with Crippen molar-refractivity contribution in [3.8, 4) is 0 Å². The van der Waals surface area contributed by atoms with Crippen molar-refractivity contribution in [3.05, 3.63) is 52.3 Å². The minimum atomic E-state index is -0.0110.